The quantitative estimate of drug-likeness (QED) is 0.0641. The first kappa shape index (κ1) is 38.3. The maximum Gasteiger partial charge on any atom is 0.419 e. The minimum Gasteiger partial charge on any atom is -0.506 e. The number of pyridine rings is 1. The molecule has 4 aromatic carbocycles. The normalized spacial score (nSPS) is 12.7. The van der Waals surface area contributed by atoms with Gasteiger partial charge in [-0.1, -0.05) is 69.3 Å². The predicted octanol–water partition coefficient (Wildman–Crippen LogP) is 8.14. The summed E-state index contributed by atoms with van der Waals surface area (Å²) < 4.78 is 19.6. The molecule has 1 amide bonds. The maximum absolute atomic E-state index is 12.9. The fourth-order valence-corrected chi connectivity index (χ4v) is 7.71. The number of aromatic nitrogens is 2. The molecule has 11 nitrogen and oxygen atoms in total. The van der Waals surface area contributed by atoms with Crippen LogP contribution in [0, 0.1) is 0 Å². The van der Waals surface area contributed by atoms with Crippen molar-refractivity contribution in [2.24, 2.45) is 5.73 Å². The lowest BCUT2D eigenvalue weighted by Crippen LogP contribution is -2.43. The number of H-pyrrole nitrogens is 1. The number of nitrogens with one attached hydrogen (secondary N) is 2. The fraction of sp³-hybridized carbons (Fsp3) is 0.310. The van der Waals surface area contributed by atoms with Crippen LogP contribution in [0.5, 0.6) is 11.5 Å². The first-order valence-corrected chi connectivity index (χ1v) is 21.1. The third-order valence-corrected chi connectivity index (χ3v) is 14.8. The van der Waals surface area contributed by atoms with Crippen LogP contribution in [0.2, 0.25) is 18.1 Å². The average molecular weight is 749 g/mol. The van der Waals surface area contributed by atoms with Crippen LogP contribution < -0.4 is 27.1 Å². The molecule has 2 aromatic heterocycles. The Morgan fingerprint density at radius 1 is 0.963 bits per heavy atom. The Kier molecular flexibility index (Phi) is 11.3. The fourth-order valence-electron chi connectivity index (χ4n) is 6.44. The van der Waals surface area contributed by atoms with Crippen molar-refractivity contribution in [2.45, 2.75) is 77.4 Å². The van der Waals surface area contributed by atoms with Gasteiger partial charge in [0, 0.05) is 36.7 Å². The average Bonchev–Trinajstić information content (AvgIpc) is 3.43. The Labute approximate surface area is 314 Å². The lowest BCUT2D eigenvalue weighted by molar-refractivity contribution is 0.181. The number of amides is 1. The Hall–Kier alpha value is -5.43. The van der Waals surface area contributed by atoms with Gasteiger partial charge >= 0.3 is 11.8 Å². The van der Waals surface area contributed by atoms with Crippen molar-refractivity contribution in [1.82, 2.24) is 14.9 Å². The van der Waals surface area contributed by atoms with E-state index in [0.717, 1.165) is 58.0 Å². The lowest BCUT2D eigenvalue weighted by atomic mass is 9.99. The predicted molar refractivity (Wildman–Crippen MR) is 214 cm³/mol. The number of carbonyl (C=O) groups excluding carboxylic acids is 1. The molecule has 6 rings (SSSR count). The van der Waals surface area contributed by atoms with E-state index in [2.05, 4.69) is 44.2 Å². The summed E-state index contributed by atoms with van der Waals surface area (Å²) in [6, 6.07) is 27.9. The molecule has 0 saturated carbocycles. The van der Waals surface area contributed by atoms with Crippen molar-refractivity contribution in [3.05, 3.63) is 129 Å². The smallest absolute Gasteiger partial charge is 0.419 e. The van der Waals surface area contributed by atoms with E-state index in [1.165, 1.54) is 6.07 Å². The highest BCUT2D eigenvalue weighted by molar-refractivity contribution is 6.74. The van der Waals surface area contributed by atoms with Crippen molar-refractivity contribution in [3.63, 3.8) is 0 Å². The van der Waals surface area contributed by atoms with Gasteiger partial charge in [0.2, 0.25) is 5.56 Å². The Morgan fingerprint density at radius 2 is 1.72 bits per heavy atom. The van der Waals surface area contributed by atoms with Gasteiger partial charge < -0.3 is 34.7 Å². The molecule has 0 radical (unpaired) electrons. The summed E-state index contributed by atoms with van der Waals surface area (Å²) in [5.74, 6) is 0.0232. The summed E-state index contributed by atoms with van der Waals surface area (Å²) >= 11 is 0. The number of carbonyl (C=O) groups is 1. The van der Waals surface area contributed by atoms with E-state index in [-0.39, 0.29) is 22.5 Å². The molecule has 0 fully saturated rings. The SMILES string of the molecule is CC(C)(C)[Si](C)(C)O[C@@H](CNCc1ccc2c(c1)oc(=O)n2CCCCc1ccc(OC(N)=O)c(-c2ccccc2)c1)c1ccc(O)c2[nH]c(=O)ccc12. The Balaban J connectivity index is 1.12. The van der Waals surface area contributed by atoms with Crippen molar-refractivity contribution >= 4 is 36.4 Å². The van der Waals surface area contributed by atoms with Crippen LogP contribution in [0.1, 0.15) is 56.4 Å². The topological polar surface area (TPSA) is 162 Å². The zero-order chi connectivity index (χ0) is 38.6. The van der Waals surface area contributed by atoms with Gasteiger partial charge in [-0.2, -0.15) is 0 Å². The van der Waals surface area contributed by atoms with Gasteiger partial charge in [-0.05, 0) is 96.0 Å². The molecule has 0 spiro atoms. The van der Waals surface area contributed by atoms with Gasteiger partial charge in [-0.25, -0.2) is 9.59 Å². The molecule has 0 aliphatic heterocycles. The van der Waals surface area contributed by atoms with Gasteiger partial charge in [-0.3, -0.25) is 9.36 Å². The molecule has 6 aromatic rings. The van der Waals surface area contributed by atoms with E-state index in [1.54, 1.807) is 22.8 Å². The highest BCUT2D eigenvalue weighted by Gasteiger charge is 2.39. The number of fused-ring (bicyclic) bond motifs is 2. The number of hydrogen-bond acceptors (Lipinski definition) is 8. The number of benzene rings is 4. The summed E-state index contributed by atoms with van der Waals surface area (Å²) in [5, 5.41) is 14.7. The summed E-state index contributed by atoms with van der Waals surface area (Å²) in [6.07, 6.45) is 1.15. The number of phenolic OH excluding ortho intramolecular Hbond substituents is 1. The molecule has 0 aliphatic rings. The first-order chi connectivity index (χ1) is 25.7. The Bertz CT molecular complexity index is 2390. The van der Waals surface area contributed by atoms with Crippen LogP contribution in [0.25, 0.3) is 33.1 Å². The number of oxazole rings is 1. The molecule has 0 aliphatic carbocycles. The number of nitrogens with two attached hydrogens (primary N) is 1. The standard InChI is InChI=1S/C42H48N4O7Si/c1-42(2,3)54(4,5)53-37(30-16-19-34(47)39-31(30)17-21-38(48)45-39)26-44-25-28-14-18-33-36(24-28)52-41(50)46(33)22-10-9-11-27-15-20-35(51-40(43)49)32(23-27)29-12-7-6-8-13-29/h6-8,12-21,23-24,37,44,47H,9-11,22,25-26H2,1-5H3,(H2,43,49)(H,45,48)/t37-/m0/s1. The highest BCUT2D eigenvalue weighted by atomic mass is 28.4. The zero-order valence-electron chi connectivity index (χ0n) is 31.4. The number of aryl methyl sites for hydroxylation is 2. The molecule has 0 saturated heterocycles. The number of primary amides is 1. The van der Waals surface area contributed by atoms with Gasteiger partial charge in [-0.15, -0.1) is 0 Å². The summed E-state index contributed by atoms with van der Waals surface area (Å²) in [7, 11) is -2.24. The highest BCUT2D eigenvalue weighted by Crippen LogP contribution is 2.41. The second-order valence-electron chi connectivity index (χ2n) is 15.2. The first-order valence-electron chi connectivity index (χ1n) is 18.2. The third-order valence-electron chi connectivity index (χ3n) is 10.3. The number of hydrogen-bond donors (Lipinski definition) is 4. The summed E-state index contributed by atoms with van der Waals surface area (Å²) in [6.45, 7) is 12.5. The number of rotatable bonds is 14. The molecular formula is C42H48N4O7Si. The van der Waals surface area contributed by atoms with Gasteiger partial charge in [0.15, 0.2) is 13.9 Å². The molecule has 1 atom stereocenters. The second-order valence-corrected chi connectivity index (χ2v) is 19.9. The van der Waals surface area contributed by atoms with Crippen molar-refractivity contribution in [3.8, 4) is 22.6 Å². The minimum absolute atomic E-state index is 0.00758. The van der Waals surface area contributed by atoms with E-state index < -0.39 is 20.2 Å². The molecule has 2 heterocycles. The maximum atomic E-state index is 12.9. The van der Waals surface area contributed by atoms with Crippen LogP contribution in [-0.4, -0.2) is 35.6 Å². The molecule has 0 bridgehead atoms. The second kappa shape index (κ2) is 15.9. The number of phenols is 1. The van der Waals surface area contributed by atoms with Crippen molar-refractivity contribution in [1.29, 1.82) is 0 Å². The number of aromatic amines is 1. The zero-order valence-corrected chi connectivity index (χ0v) is 32.4. The van der Waals surface area contributed by atoms with E-state index in [9.17, 15) is 19.5 Å². The number of aromatic hydroxyl groups is 1. The van der Waals surface area contributed by atoms with Gasteiger partial charge in [0.05, 0.1) is 17.1 Å². The van der Waals surface area contributed by atoms with Crippen LogP contribution in [-0.2, 0) is 23.9 Å². The van der Waals surface area contributed by atoms with Crippen LogP contribution >= 0.6 is 0 Å². The van der Waals surface area contributed by atoms with E-state index >= 15 is 0 Å². The van der Waals surface area contributed by atoms with Crippen molar-refractivity contribution in [2.75, 3.05) is 6.54 Å². The van der Waals surface area contributed by atoms with Gasteiger partial charge in [0.25, 0.3) is 0 Å². The van der Waals surface area contributed by atoms with Gasteiger partial charge in [0.1, 0.15) is 11.5 Å². The van der Waals surface area contributed by atoms with E-state index in [1.807, 2.05) is 66.7 Å². The largest absolute Gasteiger partial charge is 0.506 e. The van der Waals surface area contributed by atoms with Crippen molar-refractivity contribution < 1.29 is 23.5 Å². The number of ether oxygens (including phenoxy) is 1. The van der Waals surface area contributed by atoms with Crippen LogP contribution in [0.15, 0.2) is 105 Å². The molecular weight excluding hydrogens is 701 g/mol. The number of unbranched alkanes of at least 4 members (excludes halogenated alkanes) is 1. The minimum atomic E-state index is -2.24. The Morgan fingerprint density at radius 3 is 2.46 bits per heavy atom. The van der Waals surface area contributed by atoms with Crippen LogP contribution in [0.3, 0.4) is 0 Å². The molecule has 282 valence electrons. The molecule has 5 N–H and O–H groups in total. The summed E-state index contributed by atoms with van der Waals surface area (Å²) in [5.41, 5.74) is 11.3. The molecule has 0 unspecified atom stereocenters. The third kappa shape index (κ3) is 8.68. The summed E-state index contributed by atoms with van der Waals surface area (Å²) in [4.78, 5) is 39.3. The lowest BCUT2D eigenvalue weighted by Gasteiger charge is -2.39. The van der Waals surface area contributed by atoms with E-state index in [4.69, 9.17) is 19.3 Å². The number of nitrogens with zero attached hydrogens (tertiary/aromatic N) is 1. The monoisotopic (exact) mass is 748 g/mol. The van der Waals surface area contributed by atoms with Crippen LogP contribution in [0.4, 0.5) is 4.79 Å². The molecule has 54 heavy (non-hydrogen) atoms. The van der Waals surface area contributed by atoms with E-state index in [0.29, 0.717) is 36.5 Å². The molecule has 12 heteroatoms.